The molecule has 120 valence electrons. The van der Waals surface area contributed by atoms with Crippen molar-refractivity contribution in [3.05, 3.63) is 23.8 Å². The molecule has 1 heteroatoms. The summed E-state index contributed by atoms with van der Waals surface area (Å²) in [7, 11) is 0. The maximum atomic E-state index is 10.3. The summed E-state index contributed by atoms with van der Waals surface area (Å²) < 4.78 is 0. The van der Waals surface area contributed by atoms with Crippen LogP contribution < -0.4 is 0 Å². The molecule has 2 rings (SSSR count). The standard InChI is InChI=1S/C20H34O/c1-14(2)11-17(21)12-20(5)13-18-16(4)8-6-7-15(3)9-10-19(18)20/h11,15,17-19,21H,4,6-10,12-13H2,1-3,5H3/t15-,17+,18+,19-,20+/m1/s1. The molecule has 2 aliphatic rings. The predicted octanol–water partition coefficient (Wildman–Crippen LogP) is 5.50. The van der Waals surface area contributed by atoms with Gasteiger partial charge in [0.25, 0.3) is 0 Å². The second-order valence-electron chi connectivity index (χ2n) is 8.32. The van der Waals surface area contributed by atoms with Crippen molar-refractivity contribution in [2.24, 2.45) is 23.2 Å². The van der Waals surface area contributed by atoms with Crippen LogP contribution in [0.25, 0.3) is 0 Å². The van der Waals surface area contributed by atoms with E-state index < -0.39 is 0 Å². The molecule has 0 aliphatic heterocycles. The fourth-order valence-electron chi connectivity index (χ4n) is 4.73. The number of fused-ring (bicyclic) bond motifs is 1. The van der Waals surface area contributed by atoms with Crippen LogP contribution >= 0.6 is 0 Å². The van der Waals surface area contributed by atoms with E-state index in [1.54, 1.807) is 0 Å². The molecule has 0 aromatic heterocycles. The van der Waals surface area contributed by atoms with E-state index in [0.717, 1.165) is 24.2 Å². The first kappa shape index (κ1) is 16.8. The zero-order valence-electron chi connectivity index (χ0n) is 14.5. The minimum atomic E-state index is -0.278. The SMILES string of the molecule is C=C1CCC[C@@H](C)CC[C@@H]2[C@H]1C[C@]2(C)C[C@@H](O)C=C(C)C. The molecule has 0 heterocycles. The summed E-state index contributed by atoms with van der Waals surface area (Å²) in [6, 6.07) is 0. The van der Waals surface area contributed by atoms with Gasteiger partial charge in [0.2, 0.25) is 0 Å². The van der Waals surface area contributed by atoms with Gasteiger partial charge in [-0.25, -0.2) is 0 Å². The summed E-state index contributed by atoms with van der Waals surface area (Å²) >= 11 is 0. The number of hydrogen-bond acceptors (Lipinski definition) is 1. The van der Waals surface area contributed by atoms with E-state index in [2.05, 4.69) is 34.3 Å². The highest BCUT2D eigenvalue weighted by molar-refractivity contribution is 5.15. The lowest BCUT2D eigenvalue weighted by atomic mass is 9.49. The largest absolute Gasteiger partial charge is 0.389 e. The lowest BCUT2D eigenvalue weighted by Crippen LogP contribution is -2.48. The molecule has 0 amide bonds. The van der Waals surface area contributed by atoms with E-state index in [4.69, 9.17) is 0 Å². The van der Waals surface area contributed by atoms with Gasteiger partial charge >= 0.3 is 0 Å². The van der Waals surface area contributed by atoms with Gasteiger partial charge in [0.15, 0.2) is 0 Å². The van der Waals surface area contributed by atoms with E-state index in [1.165, 1.54) is 49.7 Å². The van der Waals surface area contributed by atoms with E-state index in [9.17, 15) is 5.11 Å². The van der Waals surface area contributed by atoms with Crippen LogP contribution in [0.4, 0.5) is 0 Å². The Morgan fingerprint density at radius 3 is 2.76 bits per heavy atom. The average molecular weight is 290 g/mol. The number of hydrogen-bond donors (Lipinski definition) is 1. The molecule has 0 bridgehead atoms. The third-order valence-electron chi connectivity index (χ3n) is 5.96. The van der Waals surface area contributed by atoms with Crippen molar-refractivity contribution < 1.29 is 5.11 Å². The Balaban J connectivity index is 2.05. The van der Waals surface area contributed by atoms with Gasteiger partial charge in [-0.1, -0.05) is 50.5 Å². The van der Waals surface area contributed by atoms with E-state index in [1.807, 2.05) is 6.08 Å². The number of aliphatic hydroxyl groups is 1. The summed E-state index contributed by atoms with van der Waals surface area (Å²) in [4.78, 5) is 0. The molecule has 2 saturated carbocycles. The predicted molar refractivity (Wildman–Crippen MR) is 91.1 cm³/mol. The minimum Gasteiger partial charge on any atom is -0.389 e. The summed E-state index contributed by atoms with van der Waals surface area (Å²) in [6.45, 7) is 13.3. The van der Waals surface area contributed by atoms with Crippen LogP contribution in [0, 0.1) is 23.2 Å². The zero-order chi connectivity index (χ0) is 15.6. The molecule has 0 aromatic carbocycles. The van der Waals surface area contributed by atoms with E-state index >= 15 is 0 Å². The van der Waals surface area contributed by atoms with E-state index in [-0.39, 0.29) is 6.10 Å². The number of allylic oxidation sites excluding steroid dienone is 2. The number of rotatable bonds is 3. The summed E-state index contributed by atoms with van der Waals surface area (Å²) in [6.07, 6.45) is 10.5. The normalized spacial score (nSPS) is 38.3. The summed E-state index contributed by atoms with van der Waals surface area (Å²) in [5, 5.41) is 10.3. The summed E-state index contributed by atoms with van der Waals surface area (Å²) in [5.74, 6) is 2.31. The van der Waals surface area contributed by atoms with Crippen LogP contribution in [0.15, 0.2) is 23.8 Å². The Morgan fingerprint density at radius 1 is 1.38 bits per heavy atom. The quantitative estimate of drug-likeness (QED) is 0.680. The van der Waals surface area contributed by atoms with Gasteiger partial charge in [0.05, 0.1) is 6.10 Å². The first-order chi connectivity index (χ1) is 9.82. The molecule has 21 heavy (non-hydrogen) atoms. The first-order valence-corrected chi connectivity index (χ1v) is 8.82. The van der Waals surface area contributed by atoms with Crippen molar-refractivity contribution in [2.75, 3.05) is 0 Å². The van der Waals surface area contributed by atoms with Gasteiger partial charge < -0.3 is 5.11 Å². The molecular weight excluding hydrogens is 256 g/mol. The Bertz CT molecular complexity index is 404. The van der Waals surface area contributed by atoms with Crippen LogP contribution in [0.2, 0.25) is 0 Å². The third kappa shape index (κ3) is 4.00. The van der Waals surface area contributed by atoms with Crippen molar-refractivity contribution in [1.82, 2.24) is 0 Å². The smallest absolute Gasteiger partial charge is 0.0728 e. The van der Waals surface area contributed by atoms with Gasteiger partial charge in [-0.15, -0.1) is 0 Å². The van der Waals surface area contributed by atoms with Gasteiger partial charge in [-0.3, -0.25) is 0 Å². The molecular formula is C20H34O. The molecule has 0 radical (unpaired) electrons. The summed E-state index contributed by atoms with van der Waals surface area (Å²) in [5.41, 5.74) is 3.01. The molecule has 0 saturated heterocycles. The highest BCUT2D eigenvalue weighted by atomic mass is 16.3. The molecule has 0 unspecified atom stereocenters. The minimum absolute atomic E-state index is 0.278. The molecule has 1 nitrogen and oxygen atoms in total. The molecule has 1 N–H and O–H groups in total. The van der Waals surface area contributed by atoms with Crippen LogP contribution in [0.5, 0.6) is 0 Å². The lowest BCUT2D eigenvalue weighted by molar-refractivity contribution is -0.0458. The topological polar surface area (TPSA) is 20.2 Å². The van der Waals surface area contributed by atoms with Crippen LogP contribution in [0.3, 0.4) is 0 Å². The second-order valence-corrected chi connectivity index (χ2v) is 8.32. The van der Waals surface area contributed by atoms with Crippen LogP contribution in [-0.2, 0) is 0 Å². The van der Waals surface area contributed by atoms with Gasteiger partial charge in [-0.2, -0.15) is 0 Å². The van der Waals surface area contributed by atoms with Crippen molar-refractivity contribution in [1.29, 1.82) is 0 Å². The first-order valence-electron chi connectivity index (χ1n) is 8.82. The Morgan fingerprint density at radius 2 is 2.10 bits per heavy atom. The van der Waals surface area contributed by atoms with Crippen molar-refractivity contribution >= 4 is 0 Å². The Kier molecular flexibility index (Phi) is 5.35. The highest BCUT2D eigenvalue weighted by Gasteiger charge is 2.51. The van der Waals surface area contributed by atoms with Gasteiger partial charge in [0.1, 0.15) is 0 Å². The van der Waals surface area contributed by atoms with Gasteiger partial charge in [-0.05, 0) is 69.1 Å². The Labute approximate surface area is 131 Å². The lowest BCUT2D eigenvalue weighted by Gasteiger charge is -2.55. The fraction of sp³-hybridized carbons (Fsp3) is 0.800. The molecule has 2 aliphatic carbocycles. The van der Waals surface area contributed by atoms with Crippen molar-refractivity contribution in [3.8, 4) is 0 Å². The zero-order valence-corrected chi connectivity index (χ0v) is 14.5. The maximum Gasteiger partial charge on any atom is 0.0728 e. The molecule has 2 fully saturated rings. The van der Waals surface area contributed by atoms with Crippen molar-refractivity contribution in [3.63, 3.8) is 0 Å². The van der Waals surface area contributed by atoms with Gasteiger partial charge in [0, 0.05) is 0 Å². The molecule has 5 atom stereocenters. The van der Waals surface area contributed by atoms with Crippen LogP contribution in [-0.4, -0.2) is 11.2 Å². The third-order valence-corrected chi connectivity index (χ3v) is 5.96. The van der Waals surface area contributed by atoms with Crippen molar-refractivity contribution in [2.45, 2.75) is 78.7 Å². The maximum absolute atomic E-state index is 10.3. The monoisotopic (exact) mass is 290 g/mol. The molecule has 0 aromatic rings. The number of aliphatic hydroxyl groups excluding tert-OH is 1. The highest BCUT2D eigenvalue weighted by Crippen LogP contribution is 2.59. The van der Waals surface area contributed by atoms with E-state index in [0.29, 0.717) is 5.41 Å². The fourth-order valence-corrected chi connectivity index (χ4v) is 4.73. The van der Waals surface area contributed by atoms with Crippen LogP contribution in [0.1, 0.15) is 72.6 Å². The Hall–Kier alpha value is -0.560. The molecule has 0 spiro atoms. The second kappa shape index (κ2) is 6.69. The average Bonchev–Trinajstić information content (AvgIpc) is 2.39.